The zero-order valence-electron chi connectivity index (χ0n) is 30.9. The molecule has 57 heavy (non-hydrogen) atoms. The monoisotopic (exact) mass is 742 g/mol. The van der Waals surface area contributed by atoms with Gasteiger partial charge in [-0.15, -0.1) is 11.3 Å². The maximum atomic E-state index is 2.46. The third-order valence-corrected chi connectivity index (χ3v) is 12.9. The van der Waals surface area contributed by atoms with Gasteiger partial charge >= 0.3 is 0 Å². The molecule has 12 aromatic rings. The average Bonchev–Trinajstić information content (AvgIpc) is 3.94. The number of fused-ring (bicyclic) bond motifs is 10. The van der Waals surface area contributed by atoms with E-state index in [-0.39, 0.29) is 0 Å². The molecule has 0 amide bonds. The Morgan fingerprint density at radius 2 is 0.737 bits per heavy atom. The van der Waals surface area contributed by atoms with Crippen LogP contribution in [0.4, 0.5) is 0 Å². The van der Waals surface area contributed by atoms with E-state index in [9.17, 15) is 0 Å². The van der Waals surface area contributed by atoms with E-state index in [0.29, 0.717) is 0 Å². The highest BCUT2D eigenvalue weighted by Gasteiger charge is 2.18. The first-order chi connectivity index (χ1) is 28.3. The average molecular weight is 743 g/mol. The summed E-state index contributed by atoms with van der Waals surface area (Å²) in [5.41, 5.74) is 14.5. The standard InChI is InChI=1S/C54H34N2S/c1-2-10-35(11-3-1)40-26-31-45-43-12-4-7-15-48(43)55(50(45)34-40)41-27-22-38(23-28-41)36-18-20-37(21-19-36)39-24-29-42(30-25-39)56-49-16-8-5-13-44(49)46-32-33-52-53(54(46)56)47-14-6-9-17-51(47)57-52/h1-34H. The van der Waals surface area contributed by atoms with E-state index in [0.717, 1.165) is 5.69 Å². The van der Waals surface area contributed by atoms with Gasteiger partial charge in [0.05, 0.1) is 22.1 Å². The molecular weight excluding hydrogens is 709 g/mol. The van der Waals surface area contributed by atoms with Crippen molar-refractivity contribution in [2.24, 2.45) is 0 Å². The van der Waals surface area contributed by atoms with E-state index < -0.39 is 0 Å². The Hall–Kier alpha value is -7.20. The van der Waals surface area contributed by atoms with Gasteiger partial charge in [-0.25, -0.2) is 0 Å². The quantitative estimate of drug-likeness (QED) is 0.166. The fourth-order valence-corrected chi connectivity index (χ4v) is 10.2. The van der Waals surface area contributed by atoms with Crippen molar-refractivity contribution < 1.29 is 0 Å². The zero-order valence-corrected chi connectivity index (χ0v) is 31.7. The molecule has 0 saturated heterocycles. The van der Waals surface area contributed by atoms with Crippen LogP contribution in [0, 0.1) is 0 Å². The van der Waals surface area contributed by atoms with Gasteiger partial charge in [0.1, 0.15) is 0 Å². The molecule has 3 aromatic heterocycles. The van der Waals surface area contributed by atoms with Gasteiger partial charge in [-0.2, -0.15) is 0 Å². The minimum atomic E-state index is 1.16. The third kappa shape index (κ3) is 5.03. The third-order valence-electron chi connectivity index (χ3n) is 11.8. The molecule has 0 N–H and O–H groups in total. The molecular formula is C54H34N2S. The lowest BCUT2D eigenvalue weighted by Gasteiger charge is -2.12. The molecule has 0 aliphatic heterocycles. The van der Waals surface area contributed by atoms with Crippen molar-refractivity contribution in [2.45, 2.75) is 0 Å². The SMILES string of the molecule is c1ccc(-c2ccc3c4ccccc4n(-c4ccc(-c5ccc(-c6ccc(-n7c8ccccc8c8ccc9sc%10ccccc%10c9c87)cc6)cc5)cc4)c3c2)cc1. The van der Waals surface area contributed by atoms with Crippen molar-refractivity contribution >= 4 is 75.1 Å². The summed E-state index contributed by atoms with van der Waals surface area (Å²) in [4.78, 5) is 0. The topological polar surface area (TPSA) is 9.86 Å². The fourth-order valence-electron chi connectivity index (χ4n) is 9.05. The maximum absolute atomic E-state index is 2.46. The van der Waals surface area contributed by atoms with E-state index in [1.54, 1.807) is 0 Å². The largest absolute Gasteiger partial charge is 0.309 e. The number of benzene rings is 9. The summed E-state index contributed by atoms with van der Waals surface area (Å²) < 4.78 is 7.51. The molecule has 3 heteroatoms. The van der Waals surface area contributed by atoms with Crippen LogP contribution in [0.1, 0.15) is 0 Å². The highest BCUT2D eigenvalue weighted by Crippen LogP contribution is 2.43. The van der Waals surface area contributed by atoms with Crippen molar-refractivity contribution in [3.05, 3.63) is 206 Å². The lowest BCUT2D eigenvalue weighted by molar-refractivity contribution is 1.18. The minimum Gasteiger partial charge on any atom is -0.309 e. The van der Waals surface area contributed by atoms with E-state index in [4.69, 9.17) is 0 Å². The Bertz CT molecular complexity index is 3470. The van der Waals surface area contributed by atoms with Crippen LogP contribution >= 0.6 is 11.3 Å². The van der Waals surface area contributed by atoms with Gasteiger partial charge in [-0.1, -0.05) is 152 Å². The van der Waals surface area contributed by atoms with Gasteiger partial charge < -0.3 is 9.13 Å². The highest BCUT2D eigenvalue weighted by atomic mass is 32.1. The predicted octanol–water partition coefficient (Wildman–Crippen LogP) is 15.2. The summed E-state index contributed by atoms with van der Waals surface area (Å²) in [6.07, 6.45) is 0. The smallest absolute Gasteiger partial charge is 0.0634 e. The second-order valence-electron chi connectivity index (χ2n) is 14.9. The first-order valence-corrected chi connectivity index (χ1v) is 20.3. The molecule has 0 unspecified atom stereocenters. The highest BCUT2D eigenvalue weighted by molar-refractivity contribution is 7.26. The number of nitrogens with zero attached hydrogens (tertiary/aromatic N) is 2. The van der Waals surface area contributed by atoms with Gasteiger partial charge in [0, 0.05) is 53.1 Å². The molecule has 9 aromatic carbocycles. The van der Waals surface area contributed by atoms with Crippen LogP contribution in [0.3, 0.4) is 0 Å². The van der Waals surface area contributed by atoms with Crippen LogP contribution in [0.25, 0.3) is 109 Å². The second kappa shape index (κ2) is 12.7. The molecule has 0 aliphatic carbocycles. The summed E-state index contributed by atoms with van der Waals surface area (Å²) >= 11 is 1.88. The molecule has 266 valence electrons. The Labute approximate surface area is 333 Å². The fraction of sp³-hybridized carbons (Fsp3) is 0. The predicted molar refractivity (Wildman–Crippen MR) is 244 cm³/mol. The van der Waals surface area contributed by atoms with Crippen molar-refractivity contribution in [3.8, 4) is 44.8 Å². The van der Waals surface area contributed by atoms with Crippen molar-refractivity contribution in [2.75, 3.05) is 0 Å². The van der Waals surface area contributed by atoms with Crippen molar-refractivity contribution in [1.82, 2.24) is 9.13 Å². The number of hydrogen-bond acceptors (Lipinski definition) is 1. The second-order valence-corrected chi connectivity index (χ2v) is 16.0. The van der Waals surface area contributed by atoms with E-state index >= 15 is 0 Å². The van der Waals surface area contributed by atoms with Crippen LogP contribution in [-0.4, -0.2) is 9.13 Å². The van der Waals surface area contributed by atoms with Crippen LogP contribution in [0.15, 0.2) is 206 Å². The zero-order chi connectivity index (χ0) is 37.5. The first-order valence-electron chi connectivity index (χ1n) is 19.5. The molecule has 0 fully saturated rings. The number of aromatic nitrogens is 2. The lowest BCUT2D eigenvalue weighted by Crippen LogP contribution is -1.94. The van der Waals surface area contributed by atoms with E-state index in [1.807, 2.05) is 11.3 Å². The van der Waals surface area contributed by atoms with Gasteiger partial charge in [0.15, 0.2) is 0 Å². The van der Waals surface area contributed by atoms with Gasteiger partial charge in [0.25, 0.3) is 0 Å². The van der Waals surface area contributed by atoms with E-state index in [1.165, 1.54) is 103 Å². The molecule has 3 heterocycles. The van der Waals surface area contributed by atoms with Gasteiger partial charge in [-0.05, 0) is 88.0 Å². The molecule has 0 saturated carbocycles. The summed E-state index contributed by atoms with van der Waals surface area (Å²) in [7, 11) is 0. The number of thiophene rings is 1. The molecule has 0 spiro atoms. The molecule has 2 nitrogen and oxygen atoms in total. The maximum Gasteiger partial charge on any atom is 0.0634 e. The number of para-hydroxylation sites is 2. The molecule has 0 bridgehead atoms. The van der Waals surface area contributed by atoms with Crippen LogP contribution in [-0.2, 0) is 0 Å². The lowest BCUT2D eigenvalue weighted by atomic mass is 10.00. The van der Waals surface area contributed by atoms with Gasteiger partial charge in [0.2, 0.25) is 0 Å². The summed E-state index contributed by atoms with van der Waals surface area (Å²) in [6.45, 7) is 0. The minimum absolute atomic E-state index is 1.16. The molecule has 12 rings (SSSR count). The first kappa shape index (κ1) is 32.1. The Kier molecular flexibility index (Phi) is 7.13. The molecule has 0 radical (unpaired) electrons. The van der Waals surface area contributed by atoms with Crippen LogP contribution < -0.4 is 0 Å². The van der Waals surface area contributed by atoms with Gasteiger partial charge in [-0.3, -0.25) is 0 Å². The normalized spacial score (nSPS) is 11.9. The Morgan fingerprint density at radius 1 is 0.281 bits per heavy atom. The summed E-state index contributed by atoms with van der Waals surface area (Å²) in [5, 5.41) is 7.77. The van der Waals surface area contributed by atoms with Crippen LogP contribution in [0.2, 0.25) is 0 Å². The number of hydrogen-bond donors (Lipinski definition) is 0. The van der Waals surface area contributed by atoms with Crippen molar-refractivity contribution in [1.29, 1.82) is 0 Å². The summed E-state index contributed by atoms with van der Waals surface area (Å²) in [6, 6.07) is 75.5. The molecule has 0 atom stereocenters. The van der Waals surface area contributed by atoms with Crippen molar-refractivity contribution in [3.63, 3.8) is 0 Å². The Balaban J connectivity index is 0.881. The van der Waals surface area contributed by atoms with Crippen LogP contribution in [0.5, 0.6) is 0 Å². The molecule has 0 aliphatic rings. The Morgan fingerprint density at radius 3 is 1.40 bits per heavy atom. The number of rotatable bonds is 5. The van der Waals surface area contributed by atoms with E-state index in [2.05, 4.69) is 215 Å². The summed E-state index contributed by atoms with van der Waals surface area (Å²) in [5.74, 6) is 0.